The molecule has 0 atom stereocenters. The van der Waals surface area contributed by atoms with Gasteiger partial charge < -0.3 is 14.6 Å². The molecular weight excluding hydrogens is 462 g/mol. The van der Waals surface area contributed by atoms with E-state index in [0.717, 1.165) is 25.7 Å². The second kappa shape index (κ2) is 11.5. The van der Waals surface area contributed by atoms with Crippen molar-refractivity contribution in [2.45, 2.75) is 91.2 Å². The lowest BCUT2D eigenvalue weighted by Gasteiger charge is -2.38. The van der Waals surface area contributed by atoms with Gasteiger partial charge in [0.05, 0.1) is 41.3 Å². The minimum Gasteiger partial charge on any atom is -0.466 e. The molecule has 0 spiro atoms. The van der Waals surface area contributed by atoms with Crippen molar-refractivity contribution in [3.63, 3.8) is 0 Å². The van der Waals surface area contributed by atoms with Gasteiger partial charge in [0, 0.05) is 6.04 Å². The lowest BCUT2D eigenvalue weighted by Crippen LogP contribution is -2.45. The van der Waals surface area contributed by atoms with E-state index in [-0.39, 0.29) is 41.3 Å². The van der Waals surface area contributed by atoms with Crippen molar-refractivity contribution in [2.75, 3.05) is 13.2 Å². The molecule has 2 saturated carbocycles. The molecule has 198 valence electrons. The molecule has 2 aliphatic carbocycles. The number of imide groups is 1. The van der Waals surface area contributed by atoms with Gasteiger partial charge in [-0.2, -0.15) is 0 Å². The molecule has 1 heterocycles. The number of aliphatic hydroxyl groups excluding tert-OH is 1. The Bertz CT molecular complexity index is 937. The molecule has 4 rings (SSSR count). The second-order valence-electron chi connectivity index (χ2n) is 10.6. The lowest BCUT2D eigenvalue weighted by atomic mass is 9.73. The number of fused-ring (bicyclic) bond motifs is 1. The molecule has 0 radical (unpaired) electrons. The number of carbonyl (C=O) groups is 4. The molecule has 1 aromatic carbocycles. The summed E-state index contributed by atoms with van der Waals surface area (Å²) in [7, 11) is 0. The van der Waals surface area contributed by atoms with Crippen LogP contribution >= 0.6 is 0 Å². The van der Waals surface area contributed by atoms with Gasteiger partial charge in [-0.1, -0.05) is 12.1 Å². The number of rotatable bonds is 5. The highest BCUT2D eigenvalue weighted by Crippen LogP contribution is 2.40. The number of nitrogens with zero attached hydrogens (tertiary/aromatic N) is 1. The number of esters is 2. The largest absolute Gasteiger partial charge is 0.466 e. The van der Waals surface area contributed by atoms with Gasteiger partial charge in [-0.05, 0) is 91.2 Å². The number of carbonyl (C=O) groups excluding carboxylic acids is 4. The minimum atomic E-state index is -0.509. The van der Waals surface area contributed by atoms with E-state index in [1.165, 1.54) is 4.90 Å². The number of aliphatic hydroxyl groups is 1. The van der Waals surface area contributed by atoms with Gasteiger partial charge in [0.15, 0.2) is 0 Å². The Hall–Kier alpha value is -2.74. The fourth-order valence-corrected chi connectivity index (χ4v) is 5.30. The molecule has 0 bridgehead atoms. The summed E-state index contributed by atoms with van der Waals surface area (Å²) >= 11 is 0. The molecule has 8 nitrogen and oxygen atoms in total. The molecular formula is C28H39NO7. The van der Waals surface area contributed by atoms with E-state index in [0.29, 0.717) is 50.0 Å². The van der Waals surface area contributed by atoms with E-state index in [1.54, 1.807) is 31.2 Å². The van der Waals surface area contributed by atoms with Gasteiger partial charge in [0.25, 0.3) is 11.8 Å². The minimum absolute atomic E-state index is 0.109. The molecule has 2 amide bonds. The fraction of sp³-hybridized carbons (Fsp3) is 0.643. The second-order valence-corrected chi connectivity index (χ2v) is 10.6. The summed E-state index contributed by atoms with van der Waals surface area (Å²) in [5.74, 6) is -0.714. The van der Waals surface area contributed by atoms with Crippen molar-refractivity contribution < 1.29 is 33.8 Å². The van der Waals surface area contributed by atoms with E-state index in [2.05, 4.69) is 0 Å². The van der Waals surface area contributed by atoms with Crippen LogP contribution in [0.3, 0.4) is 0 Å². The molecule has 0 aromatic heterocycles. The summed E-state index contributed by atoms with van der Waals surface area (Å²) in [6, 6.07) is 6.80. The van der Waals surface area contributed by atoms with Crippen molar-refractivity contribution in [3.05, 3.63) is 35.4 Å². The first kappa shape index (κ1) is 27.8. The maximum atomic E-state index is 12.5. The summed E-state index contributed by atoms with van der Waals surface area (Å²) in [6.45, 7) is 8.26. The van der Waals surface area contributed by atoms with Crippen LogP contribution in [0.2, 0.25) is 0 Å². The quantitative estimate of drug-likeness (QED) is 0.473. The van der Waals surface area contributed by atoms with Gasteiger partial charge >= 0.3 is 11.9 Å². The Labute approximate surface area is 213 Å². The molecule has 36 heavy (non-hydrogen) atoms. The third kappa shape index (κ3) is 5.80. The zero-order chi connectivity index (χ0) is 26.5. The summed E-state index contributed by atoms with van der Waals surface area (Å²) in [6.07, 6.45) is 5.24. The Morgan fingerprint density at radius 2 is 1.22 bits per heavy atom. The molecule has 2 fully saturated rings. The SMILES string of the molecule is CCOC(=O)C1(C)CCC(N2C(=O)c3ccccc3C2=O)CC1.CCOC(=O)C1(C)CCC(O)CC1. The Kier molecular flexibility index (Phi) is 8.93. The smallest absolute Gasteiger partial charge is 0.311 e. The number of amides is 2. The van der Waals surface area contributed by atoms with Crippen LogP contribution in [0, 0.1) is 10.8 Å². The molecule has 1 aromatic rings. The number of ether oxygens (including phenoxy) is 2. The van der Waals surface area contributed by atoms with Crippen LogP contribution in [-0.2, 0) is 19.1 Å². The predicted octanol–water partition coefficient (Wildman–Crippen LogP) is 4.29. The lowest BCUT2D eigenvalue weighted by molar-refractivity contribution is -0.158. The Balaban J connectivity index is 0.000000236. The highest BCUT2D eigenvalue weighted by atomic mass is 16.5. The molecule has 1 N–H and O–H groups in total. The number of benzene rings is 1. The molecule has 0 unspecified atom stereocenters. The topological polar surface area (TPSA) is 110 Å². The molecule has 1 aliphatic heterocycles. The monoisotopic (exact) mass is 501 g/mol. The fourth-order valence-electron chi connectivity index (χ4n) is 5.30. The van der Waals surface area contributed by atoms with Gasteiger partial charge in [0.2, 0.25) is 0 Å². The van der Waals surface area contributed by atoms with Crippen molar-refractivity contribution >= 4 is 23.8 Å². The summed E-state index contributed by atoms with van der Waals surface area (Å²) in [4.78, 5) is 50.0. The van der Waals surface area contributed by atoms with E-state index >= 15 is 0 Å². The Morgan fingerprint density at radius 1 is 0.833 bits per heavy atom. The van der Waals surface area contributed by atoms with Crippen LogP contribution in [0.5, 0.6) is 0 Å². The average Bonchev–Trinajstić information content (AvgIpc) is 3.12. The van der Waals surface area contributed by atoms with Gasteiger partial charge in [-0.15, -0.1) is 0 Å². The highest BCUT2D eigenvalue weighted by molar-refractivity contribution is 6.21. The standard InChI is InChI=1S/C18H21NO4.C10H18O3/c1-3-23-17(22)18(2)10-8-12(9-11-18)19-15(20)13-6-4-5-7-14(13)16(19)21;1-3-13-9(12)10(2)6-4-8(11)5-7-10/h4-7,12H,3,8-11H2,1-2H3;8,11H,3-7H2,1-2H3. The average molecular weight is 502 g/mol. The zero-order valence-electron chi connectivity index (χ0n) is 21.9. The van der Waals surface area contributed by atoms with Crippen molar-refractivity contribution in [1.29, 1.82) is 0 Å². The van der Waals surface area contributed by atoms with Crippen LogP contribution in [0.1, 0.15) is 99.8 Å². The van der Waals surface area contributed by atoms with Crippen molar-refractivity contribution in [2.24, 2.45) is 10.8 Å². The molecule has 0 saturated heterocycles. The Morgan fingerprint density at radius 3 is 1.61 bits per heavy atom. The summed E-state index contributed by atoms with van der Waals surface area (Å²) in [5.41, 5.74) is 0.105. The first-order chi connectivity index (χ1) is 17.1. The van der Waals surface area contributed by atoms with E-state index < -0.39 is 5.41 Å². The molecule has 3 aliphatic rings. The predicted molar refractivity (Wildman–Crippen MR) is 133 cm³/mol. The van der Waals surface area contributed by atoms with Crippen LogP contribution < -0.4 is 0 Å². The van der Waals surface area contributed by atoms with Crippen LogP contribution in [0.15, 0.2) is 24.3 Å². The van der Waals surface area contributed by atoms with Crippen molar-refractivity contribution in [1.82, 2.24) is 4.90 Å². The van der Waals surface area contributed by atoms with Gasteiger partial charge in [0.1, 0.15) is 0 Å². The third-order valence-corrected chi connectivity index (χ3v) is 7.84. The van der Waals surface area contributed by atoms with E-state index in [9.17, 15) is 24.3 Å². The summed E-state index contributed by atoms with van der Waals surface area (Å²) < 4.78 is 10.2. The first-order valence-electron chi connectivity index (χ1n) is 13.1. The van der Waals surface area contributed by atoms with E-state index in [4.69, 9.17) is 9.47 Å². The van der Waals surface area contributed by atoms with E-state index in [1.807, 2.05) is 20.8 Å². The van der Waals surface area contributed by atoms with Gasteiger partial charge in [-0.3, -0.25) is 24.1 Å². The zero-order valence-corrected chi connectivity index (χ0v) is 21.9. The number of hydrogen-bond donors (Lipinski definition) is 1. The van der Waals surface area contributed by atoms with Crippen LogP contribution in [-0.4, -0.2) is 59.1 Å². The highest BCUT2D eigenvalue weighted by Gasteiger charge is 2.45. The van der Waals surface area contributed by atoms with Gasteiger partial charge in [-0.25, -0.2) is 0 Å². The number of hydrogen-bond acceptors (Lipinski definition) is 7. The molecule has 8 heteroatoms. The maximum Gasteiger partial charge on any atom is 0.311 e. The normalized spacial score (nSPS) is 29.6. The maximum absolute atomic E-state index is 12.5. The van der Waals surface area contributed by atoms with Crippen LogP contribution in [0.4, 0.5) is 0 Å². The first-order valence-corrected chi connectivity index (χ1v) is 13.1. The van der Waals surface area contributed by atoms with Crippen LogP contribution in [0.25, 0.3) is 0 Å². The van der Waals surface area contributed by atoms with Crippen molar-refractivity contribution in [3.8, 4) is 0 Å². The summed E-state index contributed by atoms with van der Waals surface area (Å²) in [5, 5.41) is 9.30. The third-order valence-electron chi connectivity index (χ3n) is 7.84.